The van der Waals surface area contributed by atoms with Crippen LogP contribution < -0.4 is 5.73 Å². The second-order valence-electron chi connectivity index (χ2n) is 2.94. The van der Waals surface area contributed by atoms with E-state index in [1.54, 1.807) is 14.0 Å². The normalized spacial score (nSPS) is 16.1. The second-order valence-corrected chi connectivity index (χ2v) is 3.35. The minimum atomic E-state index is -1.11. The van der Waals surface area contributed by atoms with E-state index in [4.69, 9.17) is 17.3 Å². The van der Waals surface area contributed by atoms with Crippen molar-refractivity contribution in [2.75, 3.05) is 6.54 Å². The number of aryl methyl sites for hydroxylation is 1. The monoisotopic (exact) mass is 189 g/mol. The van der Waals surface area contributed by atoms with Gasteiger partial charge in [0.15, 0.2) is 0 Å². The Labute approximate surface area is 75.9 Å². The summed E-state index contributed by atoms with van der Waals surface area (Å²) in [5.74, 6) is 0. The average Bonchev–Trinajstić information content (AvgIpc) is 2.31. The molecule has 0 aliphatic carbocycles. The van der Waals surface area contributed by atoms with Crippen LogP contribution in [0.5, 0.6) is 0 Å². The van der Waals surface area contributed by atoms with E-state index in [0.29, 0.717) is 10.7 Å². The topological polar surface area (TPSA) is 64.1 Å². The summed E-state index contributed by atoms with van der Waals surface area (Å²) >= 11 is 5.81. The number of aromatic nitrogens is 2. The molecule has 4 nitrogen and oxygen atoms in total. The fourth-order valence-corrected chi connectivity index (χ4v) is 1.48. The van der Waals surface area contributed by atoms with Gasteiger partial charge in [-0.05, 0) is 6.92 Å². The van der Waals surface area contributed by atoms with E-state index in [1.165, 1.54) is 10.9 Å². The third-order valence-electron chi connectivity index (χ3n) is 1.80. The summed E-state index contributed by atoms with van der Waals surface area (Å²) in [7, 11) is 1.71. The number of nitrogens with zero attached hydrogens (tertiary/aromatic N) is 2. The van der Waals surface area contributed by atoms with Gasteiger partial charge in [-0.15, -0.1) is 0 Å². The maximum atomic E-state index is 9.77. The van der Waals surface area contributed by atoms with Crippen molar-refractivity contribution in [3.63, 3.8) is 0 Å². The van der Waals surface area contributed by atoms with Gasteiger partial charge >= 0.3 is 0 Å². The lowest BCUT2D eigenvalue weighted by Gasteiger charge is -2.21. The van der Waals surface area contributed by atoms with Crippen LogP contribution in [0.2, 0.25) is 5.02 Å². The quantitative estimate of drug-likeness (QED) is 0.701. The molecule has 0 saturated heterocycles. The fourth-order valence-electron chi connectivity index (χ4n) is 1.11. The summed E-state index contributed by atoms with van der Waals surface area (Å²) < 4.78 is 1.52. The van der Waals surface area contributed by atoms with Gasteiger partial charge < -0.3 is 10.8 Å². The molecule has 0 aliphatic rings. The molecule has 68 valence electrons. The van der Waals surface area contributed by atoms with Crippen LogP contribution in [0.15, 0.2) is 6.20 Å². The van der Waals surface area contributed by atoms with Gasteiger partial charge in [0, 0.05) is 13.6 Å². The van der Waals surface area contributed by atoms with Gasteiger partial charge in [0.1, 0.15) is 5.60 Å². The number of halogens is 1. The van der Waals surface area contributed by atoms with Gasteiger partial charge in [-0.2, -0.15) is 5.10 Å². The van der Waals surface area contributed by atoms with Crippen LogP contribution >= 0.6 is 11.6 Å². The minimum Gasteiger partial charge on any atom is -0.382 e. The van der Waals surface area contributed by atoms with Crippen molar-refractivity contribution in [3.05, 3.63) is 16.9 Å². The van der Waals surface area contributed by atoms with E-state index in [2.05, 4.69) is 5.10 Å². The standard InChI is InChI=1S/C7H12ClN3O/c1-7(12,4-9)6-5(8)3-10-11(6)2/h3,12H,4,9H2,1-2H3. The van der Waals surface area contributed by atoms with Gasteiger partial charge in [-0.1, -0.05) is 11.6 Å². The highest BCUT2D eigenvalue weighted by atomic mass is 35.5. The van der Waals surface area contributed by atoms with Crippen molar-refractivity contribution in [1.29, 1.82) is 0 Å². The van der Waals surface area contributed by atoms with Crippen LogP contribution in [0.25, 0.3) is 0 Å². The van der Waals surface area contributed by atoms with Crippen LogP contribution in [-0.2, 0) is 12.6 Å². The third kappa shape index (κ3) is 1.46. The molecule has 0 amide bonds. The first kappa shape index (κ1) is 9.51. The SMILES string of the molecule is Cn1ncc(Cl)c1C(C)(O)CN. The Balaban J connectivity index is 3.17. The molecule has 1 unspecified atom stereocenters. The Bertz CT molecular complexity index is 263. The summed E-state index contributed by atoms with van der Waals surface area (Å²) in [6.45, 7) is 1.72. The van der Waals surface area contributed by atoms with Crippen molar-refractivity contribution >= 4 is 11.6 Å². The van der Waals surface area contributed by atoms with Crippen LogP contribution in [0.1, 0.15) is 12.6 Å². The van der Waals surface area contributed by atoms with E-state index in [-0.39, 0.29) is 6.54 Å². The molecule has 0 saturated carbocycles. The first-order chi connectivity index (χ1) is 5.49. The average molecular weight is 190 g/mol. The van der Waals surface area contributed by atoms with Crippen LogP contribution in [0.3, 0.4) is 0 Å². The molecule has 1 aromatic rings. The van der Waals surface area contributed by atoms with Crippen molar-refractivity contribution in [2.24, 2.45) is 12.8 Å². The summed E-state index contributed by atoms with van der Waals surface area (Å²) in [6.07, 6.45) is 1.49. The largest absolute Gasteiger partial charge is 0.382 e. The molecule has 5 heteroatoms. The highest BCUT2D eigenvalue weighted by molar-refractivity contribution is 6.31. The molecule has 0 bridgehead atoms. The zero-order chi connectivity index (χ0) is 9.35. The van der Waals surface area contributed by atoms with Crippen molar-refractivity contribution < 1.29 is 5.11 Å². The lowest BCUT2D eigenvalue weighted by Crippen LogP contribution is -2.33. The Morgan fingerprint density at radius 2 is 2.42 bits per heavy atom. The predicted octanol–water partition coefficient (Wildman–Crippen LogP) is 0.240. The number of hydrogen-bond donors (Lipinski definition) is 2. The Hall–Kier alpha value is -0.580. The minimum absolute atomic E-state index is 0.117. The molecule has 3 N–H and O–H groups in total. The highest BCUT2D eigenvalue weighted by Gasteiger charge is 2.27. The van der Waals surface area contributed by atoms with Crippen LogP contribution in [0.4, 0.5) is 0 Å². The Kier molecular flexibility index (Phi) is 2.41. The van der Waals surface area contributed by atoms with Gasteiger partial charge in [-0.25, -0.2) is 0 Å². The first-order valence-corrected chi connectivity index (χ1v) is 3.97. The smallest absolute Gasteiger partial charge is 0.117 e. The molecule has 1 aromatic heterocycles. The zero-order valence-corrected chi connectivity index (χ0v) is 7.84. The molecule has 0 fully saturated rings. The number of hydrogen-bond acceptors (Lipinski definition) is 3. The van der Waals surface area contributed by atoms with Gasteiger partial charge in [0.05, 0.1) is 16.9 Å². The first-order valence-electron chi connectivity index (χ1n) is 3.59. The maximum absolute atomic E-state index is 9.77. The van der Waals surface area contributed by atoms with Gasteiger partial charge in [0.25, 0.3) is 0 Å². The van der Waals surface area contributed by atoms with Crippen molar-refractivity contribution in [3.8, 4) is 0 Å². The molecular formula is C7H12ClN3O. The maximum Gasteiger partial charge on any atom is 0.117 e. The van der Waals surface area contributed by atoms with E-state index < -0.39 is 5.60 Å². The second kappa shape index (κ2) is 3.05. The lowest BCUT2D eigenvalue weighted by atomic mass is 10.0. The van der Waals surface area contributed by atoms with Crippen LogP contribution in [0, 0.1) is 0 Å². The molecule has 0 aromatic carbocycles. The number of nitrogens with two attached hydrogens (primary N) is 1. The summed E-state index contributed by atoms with van der Waals surface area (Å²) in [5.41, 5.74) is 4.82. The summed E-state index contributed by atoms with van der Waals surface area (Å²) in [5, 5.41) is 14.1. The van der Waals surface area contributed by atoms with E-state index in [9.17, 15) is 5.11 Å². The molecule has 12 heavy (non-hydrogen) atoms. The van der Waals surface area contributed by atoms with E-state index >= 15 is 0 Å². The molecule has 0 radical (unpaired) electrons. The van der Waals surface area contributed by atoms with E-state index in [1.807, 2.05) is 0 Å². The Morgan fingerprint density at radius 3 is 2.75 bits per heavy atom. The molecule has 0 aliphatic heterocycles. The number of rotatable bonds is 2. The molecule has 1 atom stereocenters. The molecule has 0 spiro atoms. The Morgan fingerprint density at radius 1 is 1.83 bits per heavy atom. The van der Waals surface area contributed by atoms with Gasteiger partial charge in [0.2, 0.25) is 0 Å². The number of aliphatic hydroxyl groups is 1. The van der Waals surface area contributed by atoms with Gasteiger partial charge in [-0.3, -0.25) is 4.68 Å². The summed E-state index contributed by atoms with van der Waals surface area (Å²) in [6, 6.07) is 0. The fraction of sp³-hybridized carbons (Fsp3) is 0.571. The van der Waals surface area contributed by atoms with Crippen molar-refractivity contribution in [1.82, 2.24) is 9.78 Å². The highest BCUT2D eigenvalue weighted by Crippen LogP contribution is 2.25. The lowest BCUT2D eigenvalue weighted by molar-refractivity contribution is 0.0582. The third-order valence-corrected chi connectivity index (χ3v) is 2.08. The summed E-state index contributed by atoms with van der Waals surface area (Å²) in [4.78, 5) is 0. The zero-order valence-electron chi connectivity index (χ0n) is 7.08. The molecule has 1 heterocycles. The molecular weight excluding hydrogens is 178 g/mol. The van der Waals surface area contributed by atoms with E-state index in [0.717, 1.165) is 0 Å². The predicted molar refractivity (Wildman–Crippen MR) is 46.8 cm³/mol. The van der Waals surface area contributed by atoms with Crippen molar-refractivity contribution in [2.45, 2.75) is 12.5 Å². The van der Waals surface area contributed by atoms with Crippen LogP contribution in [-0.4, -0.2) is 21.4 Å². The molecule has 1 rings (SSSR count).